The third-order valence-corrected chi connectivity index (χ3v) is 6.86. The normalized spacial score (nSPS) is 15.1. The van der Waals surface area contributed by atoms with Crippen LogP contribution in [-0.4, -0.2) is 50.5 Å². The molecule has 1 aromatic heterocycles. The van der Waals surface area contributed by atoms with E-state index in [2.05, 4.69) is 82.8 Å². The van der Waals surface area contributed by atoms with Gasteiger partial charge in [-0.2, -0.15) is 0 Å². The number of aromatic nitrogens is 3. The lowest BCUT2D eigenvalue weighted by atomic mass is 10.0. The molecule has 1 fully saturated rings. The van der Waals surface area contributed by atoms with Gasteiger partial charge in [0.1, 0.15) is 5.82 Å². The van der Waals surface area contributed by atoms with Crippen molar-refractivity contribution in [3.63, 3.8) is 0 Å². The van der Waals surface area contributed by atoms with Gasteiger partial charge < -0.3 is 5.32 Å². The molecule has 0 aliphatic carbocycles. The number of hydrogen-bond acceptors (Lipinski definition) is 5. The van der Waals surface area contributed by atoms with E-state index in [0.29, 0.717) is 5.75 Å². The second kappa shape index (κ2) is 10.3. The Morgan fingerprint density at radius 3 is 2.56 bits per heavy atom. The van der Waals surface area contributed by atoms with Gasteiger partial charge in [0.15, 0.2) is 5.16 Å². The summed E-state index contributed by atoms with van der Waals surface area (Å²) >= 11 is 1.44. The van der Waals surface area contributed by atoms with E-state index in [1.165, 1.54) is 22.9 Å². The van der Waals surface area contributed by atoms with E-state index >= 15 is 0 Å². The smallest absolute Gasteiger partial charge is 0.230 e. The number of carbonyl (C=O) groups is 1. The lowest BCUT2D eigenvalue weighted by Crippen LogP contribution is -2.44. The molecule has 2 aromatic carbocycles. The van der Waals surface area contributed by atoms with E-state index in [4.69, 9.17) is 0 Å². The molecule has 1 N–H and O–H groups in total. The van der Waals surface area contributed by atoms with Crippen molar-refractivity contribution in [3.8, 4) is 5.69 Å². The van der Waals surface area contributed by atoms with Crippen LogP contribution in [-0.2, 0) is 11.3 Å². The van der Waals surface area contributed by atoms with Crippen LogP contribution in [0.5, 0.6) is 0 Å². The standard InChI is InChI=1S/C25H31N5OS/c1-18-9-10-19(2)23(15-18)30-20(3)27-28-25(30)32-17-24(31)26-22-11-13-29(14-12-22)16-21-7-5-4-6-8-21/h4-10,15,22H,11-14,16-17H2,1-3H3,(H,26,31). The number of aryl methyl sites for hydroxylation is 3. The Bertz CT molecular complexity index is 1060. The van der Waals surface area contributed by atoms with Crippen LogP contribution < -0.4 is 5.32 Å². The maximum atomic E-state index is 12.6. The molecule has 0 bridgehead atoms. The molecule has 0 atom stereocenters. The number of piperidine rings is 1. The Morgan fingerprint density at radius 2 is 1.81 bits per heavy atom. The summed E-state index contributed by atoms with van der Waals surface area (Å²) in [6.07, 6.45) is 1.97. The van der Waals surface area contributed by atoms with Gasteiger partial charge in [0.05, 0.1) is 11.4 Å². The number of nitrogens with one attached hydrogen (secondary N) is 1. The van der Waals surface area contributed by atoms with Crippen molar-refractivity contribution in [1.82, 2.24) is 25.0 Å². The molecule has 3 aromatic rings. The van der Waals surface area contributed by atoms with Crippen LogP contribution in [0.3, 0.4) is 0 Å². The van der Waals surface area contributed by atoms with E-state index in [9.17, 15) is 4.79 Å². The van der Waals surface area contributed by atoms with Gasteiger partial charge in [-0.05, 0) is 56.4 Å². The van der Waals surface area contributed by atoms with Gasteiger partial charge in [-0.25, -0.2) is 0 Å². The topological polar surface area (TPSA) is 63.1 Å². The highest BCUT2D eigenvalue weighted by atomic mass is 32.2. The van der Waals surface area contributed by atoms with E-state index in [1.54, 1.807) is 0 Å². The first-order valence-electron chi connectivity index (χ1n) is 11.2. The SMILES string of the molecule is Cc1ccc(C)c(-n2c(C)nnc2SCC(=O)NC2CCN(Cc3ccccc3)CC2)c1. The average Bonchev–Trinajstić information content (AvgIpc) is 3.16. The zero-order valence-electron chi connectivity index (χ0n) is 19.0. The van der Waals surface area contributed by atoms with Gasteiger partial charge >= 0.3 is 0 Å². The predicted molar refractivity (Wildman–Crippen MR) is 129 cm³/mol. The van der Waals surface area contributed by atoms with E-state index in [1.807, 2.05) is 11.5 Å². The molecule has 32 heavy (non-hydrogen) atoms. The van der Waals surface area contributed by atoms with Crippen molar-refractivity contribution in [1.29, 1.82) is 0 Å². The molecule has 1 aliphatic heterocycles. The zero-order valence-corrected chi connectivity index (χ0v) is 19.9. The first-order chi connectivity index (χ1) is 15.5. The van der Waals surface area contributed by atoms with Crippen molar-refractivity contribution in [3.05, 3.63) is 71.0 Å². The Hall–Kier alpha value is -2.64. The Balaban J connectivity index is 1.29. The van der Waals surface area contributed by atoms with Crippen LogP contribution in [0.15, 0.2) is 53.7 Å². The summed E-state index contributed by atoms with van der Waals surface area (Å²) in [5.74, 6) is 1.23. The number of amides is 1. The van der Waals surface area contributed by atoms with Crippen molar-refractivity contribution in [2.75, 3.05) is 18.8 Å². The highest BCUT2D eigenvalue weighted by Crippen LogP contribution is 2.25. The van der Waals surface area contributed by atoms with Crippen LogP contribution in [0.25, 0.3) is 5.69 Å². The van der Waals surface area contributed by atoms with Gasteiger partial charge in [-0.15, -0.1) is 10.2 Å². The minimum atomic E-state index is 0.0599. The molecule has 168 valence electrons. The fourth-order valence-electron chi connectivity index (χ4n) is 4.15. The molecule has 1 amide bonds. The fourth-order valence-corrected chi connectivity index (χ4v) is 4.95. The van der Waals surface area contributed by atoms with Gasteiger partial charge in [0.25, 0.3) is 0 Å². The van der Waals surface area contributed by atoms with E-state index in [0.717, 1.165) is 54.7 Å². The summed E-state index contributed by atoms with van der Waals surface area (Å²) < 4.78 is 2.04. The molecule has 2 heterocycles. The number of likely N-dealkylation sites (tertiary alicyclic amines) is 1. The van der Waals surface area contributed by atoms with Gasteiger partial charge in [0.2, 0.25) is 5.91 Å². The highest BCUT2D eigenvalue weighted by Gasteiger charge is 2.21. The summed E-state index contributed by atoms with van der Waals surface area (Å²) in [5, 5.41) is 12.5. The summed E-state index contributed by atoms with van der Waals surface area (Å²) in [5.41, 5.74) is 4.76. The number of rotatable bonds is 7. The van der Waals surface area contributed by atoms with Crippen LogP contribution in [0.2, 0.25) is 0 Å². The third-order valence-electron chi connectivity index (χ3n) is 5.93. The summed E-state index contributed by atoms with van der Waals surface area (Å²) in [4.78, 5) is 15.1. The minimum absolute atomic E-state index is 0.0599. The largest absolute Gasteiger partial charge is 0.353 e. The average molecular weight is 450 g/mol. The summed E-state index contributed by atoms with van der Waals surface area (Å²) in [7, 11) is 0. The number of thioether (sulfide) groups is 1. The van der Waals surface area contributed by atoms with E-state index < -0.39 is 0 Å². The first-order valence-corrected chi connectivity index (χ1v) is 12.2. The van der Waals surface area contributed by atoms with Crippen LogP contribution in [0, 0.1) is 20.8 Å². The molecule has 0 radical (unpaired) electrons. The van der Waals surface area contributed by atoms with Crippen molar-refractivity contribution in [2.24, 2.45) is 0 Å². The Kier molecular flexibility index (Phi) is 7.27. The number of nitrogens with zero attached hydrogens (tertiary/aromatic N) is 4. The number of carbonyl (C=O) groups excluding carboxylic acids is 1. The minimum Gasteiger partial charge on any atom is -0.353 e. The summed E-state index contributed by atoms with van der Waals surface area (Å²) in [6.45, 7) is 9.10. The molecule has 7 heteroatoms. The first kappa shape index (κ1) is 22.6. The molecule has 4 rings (SSSR count). The second-order valence-electron chi connectivity index (χ2n) is 8.55. The lowest BCUT2D eigenvalue weighted by Gasteiger charge is -2.32. The molecular weight excluding hydrogens is 418 g/mol. The second-order valence-corrected chi connectivity index (χ2v) is 9.49. The molecule has 0 unspecified atom stereocenters. The van der Waals surface area contributed by atoms with Crippen LogP contribution in [0.4, 0.5) is 0 Å². The van der Waals surface area contributed by atoms with Crippen LogP contribution in [0.1, 0.15) is 35.4 Å². The Morgan fingerprint density at radius 1 is 1.06 bits per heavy atom. The molecular formula is C25H31N5OS. The van der Waals surface area contributed by atoms with Gasteiger partial charge in [0, 0.05) is 25.7 Å². The zero-order chi connectivity index (χ0) is 22.5. The molecule has 6 nitrogen and oxygen atoms in total. The van der Waals surface area contributed by atoms with Gasteiger partial charge in [-0.1, -0.05) is 54.2 Å². The van der Waals surface area contributed by atoms with Crippen molar-refractivity contribution < 1.29 is 4.79 Å². The monoisotopic (exact) mass is 449 g/mol. The summed E-state index contributed by atoms with van der Waals surface area (Å²) in [6, 6.07) is 17.2. The molecule has 1 aliphatic rings. The highest BCUT2D eigenvalue weighted by molar-refractivity contribution is 7.99. The molecule has 0 spiro atoms. The Labute approximate surface area is 194 Å². The van der Waals surface area contributed by atoms with Crippen molar-refractivity contribution >= 4 is 17.7 Å². The fraction of sp³-hybridized carbons (Fsp3) is 0.400. The quantitative estimate of drug-likeness (QED) is 0.551. The maximum absolute atomic E-state index is 12.6. The maximum Gasteiger partial charge on any atom is 0.230 e. The lowest BCUT2D eigenvalue weighted by molar-refractivity contribution is -0.119. The third kappa shape index (κ3) is 5.58. The number of benzene rings is 2. The molecule has 0 saturated carbocycles. The van der Waals surface area contributed by atoms with Crippen molar-refractivity contribution in [2.45, 2.75) is 51.4 Å². The van der Waals surface area contributed by atoms with Crippen LogP contribution >= 0.6 is 11.8 Å². The molecule has 1 saturated heterocycles. The predicted octanol–water partition coefficient (Wildman–Crippen LogP) is 4.07. The van der Waals surface area contributed by atoms with Gasteiger partial charge in [-0.3, -0.25) is 14.3 Å². The number of hydrogen-bond donors (Lipinski definition) is 1. The van der Waals surface area contributed by atoms with E-state index in [-0.39, 0.29) is 11.9 Å².